The minimum Gasteiger partial charge on any atom is -0.483 e. The third-order valence-electron chi connectivity index (χ3n) is 5.44. The van der Waals surface area contributed by atoms with Gasteiger partial charge in [0.25, 0.3) is 0 Å². The molecule has 0 saturated heterocycles. The van der Waals surface area contributed by atoms with Crippen molar-refractivity contribution in [2.75, 3.05) is 6.61 Å². The van der Waals surface area contributed by atoms with E-state index in [1.54, 1.807) is 6.92 Å². The minimum atomic E-state index is -1.04. The number of carbonyl (C=O) groups is 3. The van der Waals surface area contributed by atoms with Gasteiger partial charge in [-0.2, -0.15) is 0 Å². The molecule has 3 rings (SSSR count). The number of hydrogen-bond acceptors (Lipinski definition) is 5. The van der Waals surface area contributed by atoms with E-state index in [0.29, 0.717) is 42.6 Å². The summed E-state index contributed by atoms with van der Waals surface area (Å²) >= 11 is 0. The first-order chi connectivity index (χ1) is 11.8. The molecule has 5 heteroatoms. The summed E-state index contributed by atoms with van der Waals surface area (Å²) in [6.45, 7) is 11.3. The Morgan fingerprint density at radius 1 is 0.962 bits per heavy atom. The average Bonchev–Trinajstić information content (AvgIpc) is 2.40. The van der Waals surface area contributed by atoms with Crippen LogP contribution in [0.3, 0.4) is 0 Å². The zero-order valence-corrected chi connectivity index (χ0v) is 16.6. The highest BCUT2D eigenvalue weighted by molar-refractivity contribution is 6.08. The predicted octanol–water partition coefficient (Wildman–Crippen LogP) is 3.67. The molecule has 1 heterocycles. The number of Topliss-reactive ketones (excluding diaryl/α,β-unsaturated/α-hetero) is 2. The van der Waals surface area contributed by atoms with Crippen molar-refractivity contribution >= 4 is 17.5 Å². The van der Waals surface area contributed by atoms with E-state index in [0.717, 1.165) is 5.57 Å². The van der Waals surface area contributed by atoms with Gasteiger partial charge in [-0.05, 0) is 29.7 Å². The maximum Gasteiger partial charge on any atom is 0.302 e. The summed E-state index contributed by atoms with van der Waals surface area (Å²) in [6, 6.07) is 0. The molecule has 0 saturated carbocycles. The van der Waals surface area contributed by atoms with Crippen molar-refractivity contribution in [1.29, 1.82) is 0 Å². The molecule has 3 aliphatic rings. The van der Waals surface area contributed by atoms with Crippen molar-refractivity contribution in [3.05, 3.63) is 22.5 Å². The Bertz CT molecular complexity index is 765. The summed E-state index contributed by atoms with van der Waals surface area (Å²) in [5, 5.41) is 0. The number of esters is 1. The monoisotopic (exact) mass is 360 g/mol. The van der Waals surface area contributed by atoms with Crippen LogP contribution in [0, 0.1) is 10.8 Å². The van der Waals surface area contributed by atoms with Crippen LogP contribution in [-0.2, 0) is 23.9 Å². The Hall–Kier alpha value is -1.91. The Balaban J connectivity index is 2.16. The Morgan fingerprint density at radius 2 is 1.54 bits per heavy atom. The van der Waals surface area contributed by atoms with E-state index in [9.17, 15) is 14.4 Å². The van der Waals surface area contributed by atoms with E-state index in [1.165, 1.54) is 6.92 Å². The van der Waals surface area contributed by atoms with Gasteiger partial charge in [-0.15, -0.1) is 0 Å². The van der Waals surface area contributed by atoms with Crippen LogP contribution in [0.25, 0.3) is 0 Å². The second kappa shape index (κ2) is 5.80. The second-order valence-electron chi connectivity index (χ2n) is 9.65. The molecule has 1 unspecified atom stereocenters. The largest absolute Gasteiger partial charge is 0.483 e. The SMILES string of the molecule is CC(=O)OCC1(C)OC2=C(C(=O)CC(C)(C)C2)C2=C1C(=O)CC(C)(C)C2. The summed E-state index contributed by atoms with van der Waals surface area (Å²) in [7, 11) is 0. The van der Waals surface area contributed by atoms with Gasteiger partial charge in [0, 0.05) is 31.8 Å². The van der Waals surface area contributed by atoms with Gasteiger partial charge in [0.2, 0.25) is 0 Å². The fourth-order valence-corrected chi connectivity index (χ4v) is 4.50. The Labute approximate surface area is 154 Å². The van der Waals surface area contributed by atoms with Crippen molar-refractivity contribution in [2.45, 2.75) is 72.8 Å². The zero-order valence-electron chi connectivity index (χ0n) is 16.6. The summed E-state index contributed by atoms with van der Waals surface area (Å²) in [4.78, 5) is 37.3. The number of rotatable bonds is 2. The standard InChI is InChI=1S/C21H28O5/c1-12(22)25-11-21(6)18-13(7-19(2,3)9-15(18)24)17-14(23)8-20(4,5)10-16(17)26-21/h7-11H2,1-6H3. The first-order valence-corrected chi connectivity index (χ1v) is 9.20. The van der Waals surface area contributed by atoms with Gasteiger partial charge in [-0.25, -0.2) is 0 Å². The molecule has 1 aliphatic heterocycles. The van der Waals surface area contributed by atoms with Crippen LogP contribution in [0.1, 0.15) is 67.2 Å². The lowest BCUT2D eigenvalue weighted by Gasteiger charge is -2.46. The third-order valence-corrected chi connectivity index (χ3v) is 5.44. The van der Waals surface area contributed by atoms with Crippen LogP contribution in [0.4, 0.5) is 0 Å². The van der Waals surface area contributed by atoms with Crippen molar-refractivity contribution < 1.29 is 23.9 Å². The maximum absolute atomic E-state index is 13.0. The Kier molecular flexibility index (Phi) is 4.21. The van der Waals surface area contributed by atoms with Crippen molar-refractivity contribution in [3.63, 3.8) is 0 Å². The number of allylic oxidation sites excluding steroid dienone is 3. The highest BCUT2D eigenvalue weighted by Crippen LogP contribution is 2.52. The summed E-state index contributed by atoms with van der Waals surface area (Å²) in [6.07, 6.45) is 2.13. The van der Waals surface area contributed by atoms with Crippen molar-refractivity contribution in [3.8, 4) is 0 Å². The Morgan fingerprint density at radius 3 is 2.15 bits per heavy atom. The number of carbonyl (C=O) groups excluding carboxylic acids is 3. The van der Waals surface area contributed by atoms with Crippen LogP contribution in [0.5, 0.6) is 0 Å². The van der Waals surface area contributed by atoms with Gasteiger partial charge in [-0.3, -0.25) is 14.4 Å². The molecule has 26 heavy (non-hydrogen) atoms. The van der Waals surface area contributed by atoms with Crippen molar-refractivity contribution in [1.82, 2.24) is 0 Å². The second-order valence-corrected chi connectivity index (χ2v) is 9.65. The molecule has 0 radical (unpaired) electrons. The molecule has 0 aromatic rings. The van der Waals surface area contributed by atoms with Crippen LogP contribution in [0.15, 0.2) is 22.5 Å². The first-order valence-electron chi connectivity index (χ1n) is 9.20. The van der Waals surface area contributed by atoms with E-state index in [-0.39, 0.29) is 29.0 Å². The lowest BCUT2D eigenvalue weighted by atomic mass is 9.64. The smallest absolute Gasteiger partial charge is 0.302 e. The third kappa shape index (κ3) is 3.24. The quantitative estimate of drug-likeness (QED) is 0.703. The highest BCUT2D eigenvalue weighted by atomic mass is 16.6. The normalized spacial score (nSPS) is 29.8. The fraction of sp³-hybridized carbons (Fsp3) is 0.667. The lowest BCUT2D eigenvalue weighted by Crippen LogP contribution is -2.48. The predicted molar refractivity (Wildman–Crippen MR) is 96.2 cm³/mol. The fourth-order valence-electron chi connectivity index (χ4n) is 4.50. The lowest BCUT2D eigenvalue weighted by molar-refractivity contribution is -0.149. The molecular formula is C21H28O5. The van der Waals surface area contributed by atoms with Crippen LogP contribution >= 0.6 is 0 Å². The van der Waals surface area contributed by atoms with Gasteiger partial charge in [0.05, 0.1) is 5.57 Å². The molecule has 1 atom stereocenters. The number of hydrogen-bond donors (Lipinski definition) is 0. The molecule has 0 bridgehead atoms. The summed E-state index contributed by atoms with van der Waals surface area (Å²) < 4.78 is 11.5. The van der Waals surface area contributed by atoms with E-state index >= 15 is 0 Å². The van der Waals surface area contributed by atoms with Gasteiger partial charge in [-0.1, -0.05) is 27.7 Å². The molecule has 0 N–H and O–H groups in total. The first kappa shape index (κ1) is 18.9. The zero-order chi connectivity index (χ0) is 19.5. The molecule has 0 aromatic carbocycles. The minimum absolute atomic E-state index is 0.0184. The number of ether oxygens (including phenoxy) is 2. The molecule has 5 nitrogen and oxygen atoms in total. The van der Waals surface area contributed by atoms with Gasteiger partial charge < -0.3 is 9.47 Å². The van der Waals surface area contributed by atoms with Crippen molar-refractivity contribution in [2.24, 2.45) is 10.8 Å². The van der Waals surface area contributed by atoms with Crippen LogP contribution in [0.2, 0.25) is 0 Å². The molecule has 142 valence electrons. The molecule has 0 aromatic heterocycles. The van der Waals surface area contributed by atoms with E-state index in [2.05, 4.69) is 0 Å². The van der Waals surface area contributed by atoms with Crippen LogP contribution < -0.4 is 0 Å². The number of ketones is 2. The van der Waals surface area contributed by atoms with Gasteiger partial charge in [0.1, 0.15) is 12.4 Å². The molecular weight excluding hydrogens is 332 g/mol. The molecule has 0 fully saturated rings. The average molecular weight is 360 g/mol. The maximum atomic E-state index is 13.0. The van der Waals surface area contributed by atoms with Gasteiger partial charge in [0.15, 0.2) is 17.2 Å². The summed E-state index contributed by atoms with van der Waals surface area (Å²) in [5.41, 5.74) is 0.486. The summed E-state index contributed by atoms with van der Waals surface area (Å²) in [5.74, 6) is 0.254. The molecule has 0 spiro atoms. The highest BCUT2D eigenvalue weighted by Gasteiger charge is 2.51. The van der Waals surface area contributed by atoms with Gasteiger partial charge >= 0.3 is 5.97 Å². The number of fused-ring (bicyclic) bond motifs is 1. The van der Waals surface area contributed by atoms with Crippen LogP contribution in [-0.4, -0.2) is 29.7 Å². The van der Waals surface area contributed by atoms with E-state index in [1.807, 2.05) is 27.7 Å². The van der Waals surface area contributed by atoms with E-state index in [4.69, 9.17) is 9.47 Å². The molecule has 0 amide bonds. The topological polar surface area (TPSA) is 69.7 Å². The molecule has 2 aliphatic carbocycles. The van der Waals surface area contributed by atoms with E-state index < -0.39 is 11.6 Å².